The molecule has 2 rings (SSSR count). The first-order valence-electron chi connectivity index (χ1n) is 6.16. The molecule has 1 aromatic carbocycles. The number of halogens is 1. The Bertz CT molecular complexity index is 386. The van der Waals surface area contributed by atoms with Gasteiger partial charge in [-0.05, 0) is 37.0 Å². The van der Waals surface area contributed by atoms with Gasteiger partial charge in [0.1, 0.15) is 6.10 Å². The standard InChI is InChI=1S/C14H17BrO2/c1-2-3-12-8-9-13(14(16)17-12)10-4-6-11(15)7-5-10/h4-7,12-13H,2-3,8-9H2,1H3. The van der Waals surface area contributed by atoms with Gasteiger partial charge in [0.05, 0.1) is 5.92 Å². The summed E-state index contributed by atoms with van der Waals surface area (Å²) in [6.07, 6.45) is 4.09. The quantitative estimate of drug-likeness (QED) is 0.787. The van der Waals surface area contributed by atoms with Gasteiger partial charge in [0.25, 0.3) is 0 Å². The number of benzene rings is 1. The van der Waals surface area contributed by atoms with Gasteiger partial charge in [-0.3, -0.25) is 4.79 Å². The lowest BCUT2D eigenvalue weighted by Gasteiger charge is -2.28. The fourth-order valence-corrected chi connectivity index (χ4v) is 2.56. The Morgan fingerprint density at radius 2 is 2.00 bits per heavy atom. The van der Waals surface area contributed by atoms with Crippen molar-refractivity contribution in [2.45, 2.75) is 44.6 Å². The Labute approximate surface area is 110 Å². The van der Waals surface area contributed by atoms with Crippen molar-refractivity contribution in [2.24, 2.45) is 0 Å². The number of hydrogen-bond acceptors (Lipinski definition) is 2. The van der Waals surface area contributed by atoms with Crippen LogP contribution in [-0.4, -0.2) is 12.1 Å². The average molecular weight is 297 g/mol. The summed E-state index contributed by atoms with van der Waals surface area (Å²) < 4.78 is 6.51. The molecule has 0 radical (unpaired) electrons. The van der Waals surface area contributed by atoms with E-state index in [-0.39, 0.29) is 18.0 Å². The molecule has 0 N–H and O–H groups in total. The first-order valence-corrected chi connectivity index (χ1v) is 6.96. The zero-order chi connectivity index (χ0) is 12.3. The van der Waals surface area contributed by atoms with E-state index in [9.17, 15) is 4.79 Å². The van der Waals surface area contributed by atoms with E-state index in [1.165, 1.54) is 0 Å². The van der Waals surface area contributed by atoms with Crippen LogP contribution in [0.5, 0.6) is 0 Å². The predicted molar refractivity (Wildman–Crippen MR) is 70.9 cm³/mol. The molecule has 1 heterocycles. The van der Waals surface area contributed by atoms with E-state index in [1.807, 2.05) is 24.3 Å². The predicted octanol–water partition coefficient (Wildman–Crippen LogP) is 4.04. The van der Waals surface area contributed by atoms with Gasteiger partial charge >= 0.3 is 5.97 Å². The fourth-order valence-electron chi connectivity index (χ4n) is 2.30. The minimum Gasteiger partial charge on any atom is -0.462 e. The van der Waals surface area contributed by atoms with Crippen molar-refractivity contribution >= 4 is 21.9 Å². The van der Waals surface area contributed by atoms with E-state index in [0.717, 1.165) is 35.7 Å². The minimum absolute atomic E-state index is 0.0583. The summed E-state index contributed by atoms with van der Waals surface area (Å²) in [7, 11) is 0. The molecule has 3 heteroatoms. The average Bonchev–Trinajstić information content (AvgIpc) is 2.31. The van der Waals surface area contributed by atoms with Gasteiger partial charge in [-0.1, -0.05) is 41.4 Å². The molecule has 1 saturated heterocycles. The van der Waals surface area contributed by atoms with E-state index in [2.05, 4.69) is 22.9 Å². The van der Waals surface area contributed by atoms with Gasteiger partial charge in [-0.25, -0.2) is 0 Å². The molecule has 2 unspecified atom stereocenters. The van der Waals surface area contributed by atoms with E-state index < -0.39 is 0 Å². The lowest BCUT2D eigenvalue weighted by Crippen LogP contribution is -2.29. The van der Waals surface area contributed by atoms with Gasteiger partial charge in [-0.15, -0.1) is 0 Å². The highest BCUT2D eigenvalue weighted by Gasteiger charge is 2.30. The smallest absolute Gasteiger partial charge is 0.313 e. The van der Waals surface area contributed by atoms with Crippen LogP contribution >= 0.6 is 15.9 Å². The normalized spacial score (nSPS) is 24.5. The van der Waals surface area contributed by atoms with Crippen LogP contribution in [0.15, 0.2) is 28.7 Å². The molecule has 17 heavy (non-hydrogen) atoms. The molecule has 1 fully saturated rings. The number of hydrogen-bond donors (Lipinski definition) is 0. The zero-order valence-electron chi connectivity index (χ0n) is 9.99. The van der Waals surface area contributed by atoms with Gasteiger partial charge in [0, 0.05) is 4.47 Å². The highest BCUT2D eigenvalue weighted by atomic mass is 79.9. The summed E-state index contributed by atoms with van der Waals surface area (Å²) in [6.45, 7) is 2.12. The topological polar surface area (TPSA) is 26.3 Å². The second kappa shape index (κ2) is 5.67. The molecule has 2 nitrogen and oxygen atoms in total. The van der Waals surface area contributed by atoms with Crippen molar-refractivity contribution in [3.63, 3.8) is 0 Å². The Morgan fingerprint density at radius 3 is 2.59 bits per heavy atom. The number of cyclic esters (lactones) is 1. The second-order valence-corrected chi connectivity index (χ2v) is 5.44. The highest BCUT2D eigenvalue weighted by Crippen LogP contribution is 2.31. The monoisotopic (exact) mass is 296 g/mol. The number of rotatable bonds is 3. The summed E-state index contributed by atoms with van der Waals surface area (Å²) in [5, 5.41) is 0. The van der Waals surface area contributed by atoms with Crippen LogP contribution in [0.25, 0.3) is 0 Å². The van der Waals surface area contributed by atoms with E-state index >= 15 is 0 Å². The Morgan fingerprint density at radius 1 is 1.29 bits per heavy atom. The van der Waals surface area contributed by atoms with Crippen molar-refractivity contribution in [1.29, 1.82) is 0 Å². The van der Waals surface area contributed by atoms with Crippen molar-refractivity contribution in [1.82, 2.24) is 0 Å². The minimum atomic E-state index is -0.0730. The zero-order valence-corrected chi connectivity index (χ0v) is 11.6. The molecular weight excluding hydrogens is 280 g/mol. The van der Waals surface area contributed by atoms with Crippen LogP contribution in [0.3, 0.4) is 0 Å². The molecular formula is C14H17BrO2. The van der Waals surface area contributed by atoms with Crippen molar-refractivity contribution < 1.29 is 9.53 Å². The van der Waals surface area contributed by atoms with E-state index in [1.54, 1.807) is 0 Å². The number of carbonyl (C=O) groups excluding carboxylic acids is 1. The molecule has 92 valence electrons. The molecule has 0 bridgehead atoms. The van der Waals surface area contributed by atoms with Crippen LogP contribution in [-0.2, 0) is 9.53 Å². The molecule has 0 spiro atoms. The summed E-state index contributed by atoms with van der Waals surface area (Å²) in [5.41, 5.74) is 1.06. The lowest BCUT2D eigenvalue weighted by molar-refractivity contribution is -0.156. The maximum absolute atomic E-state index is 11.9. The first-order chi connectivity index (χ1) is 8.20. The third kappa shape index (κ3) is 3.09. The Hall–Kier alpha value is -0.830. The Kier molecular flexibility index (Phi) is 4.21. The Balaban J connectivity index is 2.04. The highest BCUT2D eigenvalue weighted by molar-refractivity contribution is 9.10. The molecule has 0 aromatic heterocycles. The molecule has 1 aliphatic heterocycles. The fraction of sp³-hybridized carbons (Fsp3) is 0.500. The summed E-state index contributed by atoms with van der Waals surface area (Å²) in [6, 6.07) is 7.94. The maximum Gasteiger partial charge on any atom is 0.313 e. The van der Waals surface area contributed by atoms with Crippen LogP contribution < -0.4 is 0 Å². The van der Waals surface area contributed by atoms with E-state index in [4.69, 9.17) is 4.74 Å². The third-order valence-electron chi connectivity index (χ3n) is 3.23. The molecule has 0 saturated carbocycles. The van der Waals surface area contributed by atoms with Gasteiger partial charge in [0.2, 0.25) is 0 Å². The first kappa shape index (κ1) is 12.6. The summed E-state index contributed by atoms with van der Waals surface area (Å²) >= 11 is 3.40. The van der Waals surface area contributed by atoms with Gasteiger partial charge in [-0.2, -0.15) is 0 Å². The largest absolute Gasteiger partial charge is 0.462 e. The molecule has 0 amide bonds. The molecule has 1 aromatic rings. The van der Waals surface area contributed by atoms with Crippen LogP contribution in [0.4, 0.5) is 0 Å². The van der Waals surface area contributed by atoms with Gasteiger partial charge in [0.15, 0.2) is 0 Å². The molecule has 2 atom stereocenters. The van der Waals surface area contributed by atoms with Crippen molar-refractivity contribution in [3.8, 4) is 0 Å². The third-order valence-corrected chi connectivity index (χ3v) is 3.76. The second-order valence-electron chi connectivity index (χ2n) is 4.53. The van der Waals surface area contributed by atoms with Gasteiger partial charge < -0.3 is 4.74 Å². The maximum atomic E-state index is 11.9. The van der Waals surface area contributed by atoms with Crippen LogP contribution in [0.1, 0.15) is 44.1 Å². The molecule has 0 aliphatic carbocycles. The SMILES string of the molecule is CCCC1CCC(c2ccc(Br)cc2)C(=O)O1. The summed E-state index contributed by atoms with van der Waals surface area (Å²) in [4.78, 5) is 11.9. The van der Waals surface area contributed by atoms with Crippen molar-refractivity contribution in [3.05, 3.63) is 34.3 Å². The lowest BCUT2D eigenvalue weighted by atomic mass is 9.90. The van der Waals surface area contributed by atoms with Crippen LogP contribution in [0.2, 0.25) is 0 Å². The van der Waals surface area contributed by atoms with Crippen molar-refractivity contribution in [2.75, 3.05) is 0 Å². The number of ether oxygens (including phenoxy) is 1. The van der Waals surface area contributed by atoms with Crippen LogP contribution in [0, 0.1) is 0 Å². The summed E-state index contributed by atoms with van der Waals surface area (Å²) in [5.74, 6) is -0.131. The molecule has 1 aliphatic rings. The number of esters is 1. The number of carbonyl (C=O) groups is 1. The van der Waals surface area contributed by atoms with E-state index in [0.29, 0.717) is 0 Å².